The minimum atomic E-state index is -3.63. The van der Waals surface area contributed by atoms with E-state index in [1.54, 1.807) is 17.0 Å². The molecule has 0 atom stereocenters. The quantitative estimate of drug-likeness (QED) is 0.213. The molecule has 0 N–H and O–H groups in total. The van der Waals surface area contributed by atoms with Crippen LogP contribution in [0.3, 0.4) is 0 Å². The second kappa shape index (κ2) is 11.7. The number of benzene rings is 3. The Bertz CT molecular complexity index is 1490. The molecule has 6 nitrogen and oxygen atoms in total. The van der Waals surface area contributed by atoms with Crippen molar-refractivity contribution in [1.29, 1.82) is 0 Å². The van der Waals surface area contributed by atoms with Gasteiger partial charge in [0.05, 0.1) is 21.7 Å². The standard InChI is InChI=1S/C28H30ClN3O3S2/c1-4-6-16-31(5-2)37(34,35)24-14-12-22(13-15-24)27(33)32(19-21-10-8-7-9-11-21)28-30-26-20(3)17-23(29)18-25(26)36-28/h7-15,17-18H,4-6,16,19H2,1-3H3. The lowest BCUT2D eigenvalue weighted by molar-refractivity contribution is 0.0985. The average molecular weight is 556 g/mol. The molecule has 0 spiro atoms. The Balaban J connectivity index is 1.69. The molecule has 4 rings (SSSR count). The summed E-state index contributed by atoms with van der Waals surface area (Å²) >= 11 is 7.66. The van der Waals surface area contributed by atoms with Crippen LogP contribution in [-0.4, -0.2) is 36.7 Å². The van der Waals surface area contributed by atoms with Gasteiger partial charge in [0.25, 0.3) is 5.91 Å². The molecule has 1 heterocycles. The Morgan fingerprint density at radius 1 is 1.03 bits per heavy atom. The Morgan fingerprint density at radius 3 is 2.38 bits per heavy atom. The molecule has 0 fully saturated rings. The first kappa shape index (κ1) is 27.3. The number of carbonyl (C=O) groups excluding carboxylic acids is 1. The highest BCUT2D eigenvalue weighted by Gasteiger charge is 2.25. The highest BCUT2D eigenvalue weighted by molar-refractivity contribution is 7.89. The van der Waals surface area contributed by atoms with E-state index in [0.29, 0.717) is 35.4 Å². The van der Waals surface area contributed by atoms with E-state index in [-0.39, 0.29) is 10.8 Å². The molecule has 0 aliphatic heterocycles. The van der Waals surface area contributed by atoms with E-state index in [9.17, 15) is 13.2 Å². The van der Waals surface area contributed by atoms with Gasteiger partial charge >= 0.3 is 0 Å². The Labute approximate surface area is 227 Å². The van der Waals surface area contributed by atoms with Crippen molar-refractivity contribution in [1.82, 2.24) is 9.29 Å². The van der Waals surface area contributed by atoms with Crippen LogP contribution in [0.25, 0.3) is 10.2 Å². The maximum absolute atomic E-state index is 13.8. The predicted molar refractivity (Wildman–Crippen MR) is 152 cm³/mol. The van der Waals surface area contributed by atoms with Crippen molar-refractivity contribution in [2.45, 2.75) is 45.1 Å². The monoisotopic (exact) mass is 555 g/mol. The van der Waals surface area contributed by atoms with Crippen molar-refractivity contribution in [2.24, 2.45) is 0 Å². The van der Waals surface area contributed by atoms with Crippen LogP contribution in [0.4, 0.5) is 5.13 Å². The number of fused-ring (bicyclic) bond motifs is 1. The third-order valence-corrected chi connectivity index (χ3v) is 9.38. The van der Waals surface area contributed by atoms with Crippen LogP contribution in [0.1, 0.15) is 48.2 Å². The van der Waals surface area contributed by atoms with E-state index in [2.05, 4.69) is 0 Å². The van der Waals surface area contributed by atoms with Crippen molar-refractivity contribution in [2.75, 3.05) is 18.0 Å². The summed E-state index contributed by atoms with van der Waals surface area (Å²) in [5.74, 6) is -0.256. The van der Waals surface area contributed by atoms with Crippen LogP contribution in [0.15, 0.2) is 71.6 Å². The number of unbranched alkanes of at least 4 members (excludes halogenated alkanes) is 1. The molecule has 0 radical (unpaired) electrons. The first-order valence-corrected chi connectivity index (χ1v) is 14.9. The summed E-state index contributed by atoms with van der Waals surface area (Å²) in [6, 6.07) is 19.6. The number of anilines is 1. The summed E-state index contributed by atoms with van der Waals surface area (Å²) in [6.07, 6.45) is 1.71. The van der Waals surface area contributed by atoms with Gasteiger partial charge in [0.2, 0.25) is 10.0 Å². The van der Waals surface area contributed by atoms with Crippen LogP contribution in [0, 0.1) is 6.92 Å². The molecule has 194 valence electrons. The summed E-state index contributed by atoms with van der Waals surface area (Å²) in [5.41, 5.74) is 3.10. The second-order valence-corrected chi connectivity index (χ2v) is 12.2. The largest absolute Gasteiger partial charge is 0.279 e. The molecule has 0 saturated carbocycles. The van der Waals surface area contributed by atoms with Gasteiger partial charge in [-0.15, -0.1) is 0 Å². The van der Waals surface area contributed by atoms with Gasteiger partial charge < -0.3 is 0 Å². The maximum Gasteiger partial charge on any atom is 0.260 e. The molecule has 0 bridgehead atoms. The number of halogens is 1. The second-order valence-electron chi connectivity index (χ2n) is 8.82. The summed E-state index contributed by atoms with van der Waals surface area (Å²) in [6.45, 7) is 7.01. The van der Waals surface area contributed by atoms with E-state index in [1.165, 1.54) is 27.8 Å². The van der Waals surface area contributed by atoms with Gasteiger partial charge in [-0.05, 0) is 60.9 Å². The summed E-state index contributed by atoms with van der Waals surface area (Å²) < 4.78 is 28.6. The molecule has 0 aliphatic carbocycles. The zero-order valence-corrected chi connectivity index (χ0v) is 23.5. The molecular formula is C28H30ClN3O3S2. The smallest absolute Gasteiger partial charge is 0.260 e. The molecule has 37 heavy (non-hydrogen) atoms. The molecular weight excluding hydrogens is 526 g/mol. The Kier molecular flexibility index (Phi) is 8.64. The highest BCUT2D eigenvalue weighted by Crippen LogP contribution is 2.34. The number of hydrogen-bond acceptors (Lipinski definition) is 5. The Hall–Kier alpha value is -2.78. The molecule has 3 aromatic carbocycles. The molecule has 0 saturated heterocycles. The molecule has 4 aromatic rings. The number of rotatable bonds is 10. The van der Waals surface area contributed by atoms with Crippen LogP contribution in [0.5, 0.6) is 0 Å². The fourth-order valence-corrected chi connectivity index (χ4v) is 7.01. The van der Waals surface area contributed by atoms with Crippen molar-refractivity contribution >= 4 is 54.2 Å². The Morgan fingerprint density at radius 2 is 1.73 bits per heavy atom. The summed E-state index contributed by atoms with van der Waals surface area (Å²) in [5, 5.41) is 1.18. The van der Waals surface area contributed by atoms with Crippen LogP contribution in [0.2, 0.25) is 5.02 Å². The van der Waals surface area contributed by atoms with Crippen molar-refractivity contribution < 1.29 is 13.2 Å². The van der Waals surface area contributed by atoms with Gasteiger partial charge in [0, 0.05) is 23.7 Å². The first-order valence-electron chi connectivity index (χ1n) is 12.3. The number of carbonyl (C=O) groups is 1. The topological polar surface area (TPSA) is 70.6 Å². The zero-order chi connectivity index (χ0) is 26.6. The fourth-order valence-electron chi connectivity index (χ4n) is 4.11. The molecule has 0 unspecified atom stereocenters. The lowest BCUT2D eigenvalue weighted by atomic mass is 10.1. The number of hydrogen-bond donors (Lipinski definition) is 0. The fraction of sp³-hybridized carbons (Fsp3) is 0.286. The number of amides is 1. The summed E-state index contributed by atoms with van der Waals surface area (Å²) in [7, 11) is -3.63. The van der Waals surface area contributed by atoms with Gasteiger partial charge in [-0.2, -0.15) is 4.31 Å². The minimum absolute atomic E-state index is 0.182. The predicted octanol–water partition coefficient (Wildman–Crippen LogP) is 6.92. The van der Waals surface area contributed by atoms with Crippen molar-refractivity contribution in [3.05, 3.63) is 88.4 Å². The lowest BCUT2D eigenvalue weighted by Gasteiger charge is -2.22. The minimum Gasteiger partial charge on any atom is -0.279 e. The van der Waals surface area contributed by atoms with E-state index >= 15 is 0 Å². The van der Waals surface area contributed by atoms with E-state index in [1.807, 2.05) is 63.2 Å². The number of aryl methyl sites for hydroxylation is 1. The normalized spacial score (nSPS) is 11.8. The van der Waals surface area contributed by atoms with Gasteiger partial charge in [-0.3, -0.25) is 9.69 Å². The number of sulfonamides is 1. The molecule has 1 amide bonds. The van der Waals surface area contributed by atoms with Crippen molar-refractivity contribution in [3.8, 4) is 0 Å². The molecule has 1 aromatic heterocycles. The van der Waals surface area contributed by atoms with E-state index in [0.717, 1.165) is 34.2 Å². The van der Waals surface area contributed by atoms with Crippen molar-refractivity contribution in [3.63, 3.8) is 0 Å². The van der Waals surface area contributed by atoms with Gasteiger partial charge in [-0.25, -0.2) is 13.4 Å². The average Bonchev–Trinajstić information content (AvgIpc) is 3.32. The van der Waals surface area contributed by atoms with Crippen LogP contribution in [-0.2, 0) is 16.6 Å². The third-order valence-electron chi connectivity index (χ3n) is 6.15. The molecule has 9 heteroatoms. The SMILES string of the molecule is CCCCN(CC)S(=O)(=O)c1ccc(C(=O)N(Cc2ccccc2)c2nc3c(C)cc(Cl)cc3s2)cc1. The number of nitrogens with zero attached hydrogens (tertiary/aromatic N) is 3. The zero-order valence-electron chi connectivity index (χ0n) is 21.1. The van der Waals surface area contributed by atoms with E-state index < -0.39 is 10.0 Å². The van der Waals surface area contributed by atoms with Gasteiger partial charge in [0.1, 0.15) is 0 Å². The van der Waals surface area contributed by atoms with Gasteiger partial charge in [-0.1, -0.05) is 73.5 Å². The third kappa shape index (κ3) is 6.04. The highest BCUT2D eigenvalue weighted by atomic mass is 35.5. The molecule has 0 aliphatic rings. The number of aromatic nitrogens is 1. The van der Waals surface area contributed by atoms with E-state index in [4.69, 9.17) is 16.6 Å². The number of thiazole rings is 1. The van der Waals surface area contributed by atoms with Gasteiger partial charge in [0.15, 0.2) is 5.13 Å². The summed E-state index contributed by atoms with van der Waals surface area (Å²) in [4.78, 5) is 20.4. The maximum atomic E-state index is 13.8. The first-order chi connectivity index (χ1) is 17.7. The van der Waals surface area contributed by atoms with Crippen LogP contribution >= 0.6 is 22.9 Å². The lowest BCUT2D eigenvalue weighted by Crippen LogP contribution is -2.32. The van der Waals surface area contributed by atoms with Crippen LogP contribution < -0.4 is 4.90 Å².